The quantitative estimate of drug-likeness (QED) is 0.174. The fourth-order valence-electron chi connectivity index (χ4n) is 11.4. The number of aliphatic imine (C=N–C) groups is 1. The van der Waals surface area contributed by atoms with Crippen molar-refractivity contribution in [2.24, 2.45) is 49.8 Å². The molecule has 1 aromatic rings. The molecule has 50 heavy (non-hydrogen) atoms. The molecule has 11 nitrogen and oxygen atoms in total. The molecule has 0 unspecified atom stereocenters. The number of carbonyl (C=O) groups excluding carboxylic acids is 2. The lowest BCUT2D eigenvalue weighted by molar-refractivity contribution is -0.202. The minimum atomic E-state index is -0.824. The molecule has 0 aromatic carbocycles. The van der Waals surface area contributed by atoms with Gasteiger partial charge in [-0.2, -0.15) is 0 Å². The van der Waals surface area contributed by atoms with Crippen LogP contribution >= 0.6 is 0 Å². The van der Waals surface area contributed by atoms with Crippen LogP contribution in [0.3, 0.4) is 0 Å². The molecule has 1 N–H and O–H groups in total. The van der Waals surface area contributed by atoms with E-state index >= 15 is 0 Å². The summed E-state index contributed by atoms with van der Waals surface area (Å²) in [5, 5.41) is 10.3. The summed E-state index contributed by atoms with van der Waals surface area (Å²) < 4.78 is 27.3. The van der Waals surface area contributed by atoms with Crippen molar-refractivity contribution in [2.45, 2.75) is 138 Å². The number of fused-ring (bicyclic) bond motifs is 7. The van der Waals surface area contributed by atoms with Gasteiger partial charge in [0.05, 0.1) is 11.0 Å². The maximum Gasteiger partial charge on any atom is 0.519 e. The van der Waals surface area contributed by atoms with E-state index in [1.165, 1.54) is 13.5 Å². The Balaban J connectivity index is 1.41. The van der Waals surface area contributed by atoms with Crippen molar-refractivity contribution in [1.29, 1.82) is 0 Å². The van der Waals surface area contributed by atoms with Crippen molar-refractivity contribution in [1.82, 2.24) is 0 Å². The van der Waals surface area contributed by atoms with Crippen LogP contribution in [0.1, 0.15) is 118 Å². The van der Waals surface area contributed by atoms with Gasteiger partial charge in [0, 0.05) is 24.4 Å². The Bertz CT molecular complexity index is 1670. The first kappa shape index (κ1) is 36.6. The van der Waals surface area contributed by atoms with Crippen molar-refractivity contribution in [3.63, 3.8) is 0 Å². The highest BCUT2D eigenvalue weighted by Gasteiger charge is 2.73. The van der Waals surface area contributed by atoms with Crippen LogP contribution in [-0.2, 0) is 35.2 Å². The van der Waals surface area contributed by atoms with Gasteiger partial charge in [0.15, 0.2) is 36.4 Å². The number of carbonyl (C=O) groups is 3. The Kier molecular flexibility index (Phi) is 8.92. The van der Waals surface area contributed by atoms with Gasteiger partial charge < -0.3 is 28.2 Å². The zero-order valence-corrected chi connectivity index (χ0v) is 31.2. The largest absolute Gasteiger partial charge is 0.519 e. The van der Waals surface area contributed by atoms with Crippen molar-refractivity contribution in [2.75, 3.05) is 7.11 Å². The number of aryl methyl sites for hydroxylation is 1. The molecule has 0 radical (unpaired) electrons. The number of rotatable bonds is 8. The Morgan fingerprint density at radius 3 is 2.36 bits per heavy atom. The molecule has 0 saturated heterocycles. The van der Waals surface area contributed by atoms with Gasteiger partial charge in [-0.15, -0.1) is 0 Å². The number of hydrogen-bond donors (Lipinski definition) is 1. The van der Waals surface area contributed by atoms with E-state index in [4.69, 9.17) is 28.0 Å². The number of carboxylic acid groups (broad SMARTS) is 1. The van der Waals surface area contributed by atoms with Crippen LogP contribution < -0.4 is 5.82 Å². The second-order valence-electron chi connectivity index (χ2n) is 17.5. The summed E-state index contributed by atoms with van der Waals surface area (Å²) in [6, 6.07) is 0. The van der Waals surface area contributed by atoms with Crippen LogP contribution in [0.5, 0.6) is 0 Å². The molecule has 4 saturated carbocycles. The van der Waals surface area contributed by atoms with Crippen molar-refractivity contribution < 1.29 is 42.5 Å². The maximum atomic E-state index is 14.9. The van der Waals surface area contributed by atoms with E-state index < -0.39 is 51.8 Å². The Morgan fingerprint density at radius 1 is 1.02 bits per heavy atom. The Labute approximate surface area is 294 Å². The van der Waals surface area contributed by atoms with Crippen LogP contribution in [0.2, 0.25) is 0 Å². The molecule has 11 heteroatoms. The van der Waals surface area contributed by atoms with E-state index in [0.717, 1.165) is 24.8 Å². The van der Waals surface area contributed by atoms with Gasteiger partial charge in [-0.1, -0.05) is 40.2 Å². The summed E-state index contributed by atoms with van der Waals surface area (Å²) in [7, 11) is 1.47. The fourth-order valence-corrected chi connectivity index (χ4v) is 11.4. The van der Waals surface area contributed by atoms with Crippen LogP contribution in [-0.4, -0.2) is 54.1 Å². The van der Waals surface area contributed by atoms with E-state index in [9.17, 15) is 24.3 Å². The summed E-state index contributed by atoms with van der Waals surface area (Å²) in [4.78, 5) is 57.2. The Hall–Kier alpha value is -3.21. The predicted molar refractivity (Wildman–Crippen MR) is 183 cm³/mol. The summed E-state index contributed by atoms with van der Waals surface area (Å²) >= 11 is 0. The molecule has 5 aliphatic rings. The molecule has 0 bridgehead atoms. The smallest absolute Gasteiger partial charge is 0.481 e. The zero-order valence-electron chi connectivity index (χ0n) is 31.2. The SMILES string of the molecule is CO[C@@H](C)C(=O)O[C@H]1CC[C@]2(C)[C@H]3C(=O)C=C4[C@@H]5C[C@@](C)(C(=O)O)CC[C@]5(C)CC[C@@]4(C)[C@]3(C)CC[C@@]2(/N=C/OCc2oc(=O)oc2C)[C@H]1C. The van der Waals surface area contributed by atoms with Gasteiger partial charge in [-0.25, -0.2) is 9.59 Å². The van der Waals surface area contributed by atoms with E-state index in [2.05, 4.69) is 34.6 Å². The maximum absolute atomic E-state index is 14.9. The van der Waals surface area contributed by atoms with Gasteiger partial charge >= 0.3 is 17.8 Å². The van der Waals surface area contributed by atoms with Gasteiger partial charge in [-0.05, 0) is 107 Å². The standard InChI is InChI=1S/C39H55NO10/c1-22-28(49-31(42)24(3)46-9)10-11-38(8)30-27(41)18-25-26-19-35(5,32(43)44)13-12-34(26,4)14-15-36(25,6)37(30,7)16-17-39(22,38)40-21-47-20-29-23(2)48-33(45)50-29/h18,21-22,24,26,28,30H,10-17,19-20H2,1-9H3,(H,43,44)/b40-21+/t22-,24-,26-,28-,30-,34+,35-,36+,37+,38+,39+/m0/s1. The Morgan fingerprint density at radius 2 is 1.72 bits per heavy atom. The molecule has 6 rings (SSSR count). The molecule has 11 atom stereocenters. The zero-order chi connectivity index (χ0) is 36.7. The van der Waals surface area contributed by atoms with E-state index in [-0.39, 0.29) is 46.7 Å². The molecular weight excluding hydrogens is 642 g/mol. The van der Waals surface area contributed by atoms with Crippen LogP contribution in [0.15, 0.2) is 30.3 Å². The van der Waals surface area contributed by atoms with Crippen molar-refractivity contribution in [3.05, 3.63) is 33.8 Å². The van der Waals surface area contributed by atoms with Gasteiger partial charge in [0.1, 0.15) is 6.10 Å². The fraction of sp³-hybridized carbons (Fsp3) is 0.769. The first-order valence-corrected chi connectivity index (χ1v) is 18.3. The van der Waals surface area contributed by atoms with Crippen LogP contribution in [0, 0.1) is 51.8 Å². The van der Waals surface area contributed by atoms with Gasteiger partial charge in [0.25, 0.3) is 0 Å². The number of ketones is 1. The molecule has 276 valence electrons. The number of hydrogen-bond acceptors (Lipinski definition) is 10. The third kappa shape index (κ3) is 5.18. The minimum Gasteiger partial charge on any atom is -0.481 e. The molecule has 4 fully saturated rings. The normalized spacial score (nSPS) is 43.1. The monoisotopic (exact) mass is 697 g/mol. The predicted octanol–water partition coefficient (Wildman–Crippen LogP) is 6.83. The highest BCUT2D eigenvalue weighted by molar-refractivity contribution is 5.96. The molecule has 1 aromatic heterocycles. The second-order valence-corrected chi connectivity index (χ2v) is 17.5. The average molecular weight is 698 g/mol. The van der Waals surface area contributed by atoms with Crippen LogP contribution in [0.25, 0.3) is 0 Å². The van der Waals surface area contributed by atoms with E-state index in [0.29, 0.717) is 44.3 Å². The number of ether oxygens (including phenoxy) is 3. The summed E-state index contributed by atoms with van der Waals surface area (Å²) in [6.45, 7) is 16.3. The third-order valence-electron chi connectivity index (χ3n) is 15.2. The highest BCUT2D eigenvalue weighted by Crippen LogP contribution is 2.75. The van der Waals surface area contributed by atoms with E-state index in [1.54, 1.807) is 13.8 Å². The molecule has 1 heterocycles. The number of aliphatic carboxylic acids is 1. The number of nitrogens with zero attached hydrogens (tertiary/aromatic N) is 1. The molecule has 5 aliphatic carbocycles. The number of carboxylic acids is 1. The minimum absolute atomic E-state index is 0.0204. The topological polar surface area (TPSA) is 155 Å². The number of esters is 1. The summed E-state index contributed by atoms with van der Waals surface area (Å²) in [5.74, 6) is -1.92. The third-order valence-corrected chi connectivity index (χ3v) is 15.2. The number of methoxy groups -OCH3 is 1. The van der Waals surface area contributed by atoms with Crippen LogP contribution in [0.4, 0.5) is 0 Å². The summed E-state index contributed by atoms with van der Waals surface area (Å²) in [5.41, 5.74) is -1.89. The molecule has 0 aliphatic heterocycles. The van der Waals surface area contributed by atoms with Gasteiger partial charge in [-0.3, -0.25) is 14.6 Å². The molecule has 0 spiro atoms. The van der Waals surface area contributed by atoms with Crippen molar-refractivity contribution in [3.8, 4) is 0 Å². The molecular formula is C39H55NO10. The van der Waals surface area contributed by atoms with Crippen molar-refractivity contribution >= 4 is 24.1 Å². The van der Waals surface area contributed by atoms with E-state index in [1.807, 2.05) is 13.0 Å². The summed E-state index contributed by atoms with van der Waals surface area (Å²) in [6.07, 6.45) is 8.62. The lowest BCUT2D eigenvalue weighted by atomic mass is 9.33. The van der Waals surface area contributed by atoms with Gasteiger partial charge in [0.2, 0.25) is 0 Å². The average Bonchev–Trinajstić information content (AvgIpc) is 3.38. The first-order valence-electron chi connectivity index (χ1n) is 18.3. The number of allylic oxidation sites excluding steroid dienone is 2. The lowest BCUT2D eigenvalue weighted by Crippen LogP contribution is -2.71. The first-order chi connectivity index (χ1) is 23.3. The molecule has 0 amide bonds. The highest BCUT2D eigenvalue weighted by atomic mass is 16.6. The lowest BCUT2D eigenvalue weighted by Gasteiger charge is -2.71. The second kappa shape index (κ2) is 12.2.